The normalized spacial score (nSPS) is 20.6. The highest BCUT2D eigenvalue weighted by Crippen LogP contribution is 2.38. The van der Waals surface area contributed by atoms with Crippen LogP contribution in [0.5, 0.6) is 5.75 Å². The number of methoxy groups -OCH3 is 1. The number of amides is 2. The van der Waals surface area contributed by atoms with E-state index in [9.17, 15) is 19.5 Å². The van der Waals surface area contributed by atoms with E-state index < -0.39 is 104 Å². The third-order valence-electron chi connectivity index (χ3n) is 24.2. The van der Waals surface area contributed by atoms with Crippen molar-refractivity contribution >= 4 is 23.9 Å². The van der Waals surface area contributed by atoms with Gasteiger partial charge >= 0.3 is 12.1 Å². The largest absolute Gasteiger partial charge is 0.509 e. The van der Waals surface area contributed by atoms with Crippen LogP contribution in [0.2, 0.25) is 0 Å². The van der Waals surface area contributed by atoms with Crippen molar-refractivity contribution in [3.8, 4) is 5.75 Å². The minimum atomic E-state index is -1.82. The molecule has 8 rings (SSSR count). The highest BCUT2D eigenvalue weighted by atomic mass is 16.8. The first-order valence-electron chi connectivity index (χ1n) is 48.1. The molecule has 3 aliphatic heterocycles. The molecule has 3 aliphatic rings. The number of benzene rings is 5. The molecule has 0 aromatic heterocycles. The molecule has 3 heterocycles. The molecule has 0 aliphatic carbocycles. The van der Waals surface area contributed by atoms with E-state index in [1.807, 2.05) is 146 Å². The topological polar surface area (TPSA) is 223 Å². The maximum absolute atomic E-state index is 15.5. The molecule has 0 spiro atoms. The Morgan fingerprint density at radius 1 is 0.418 bits per heavy atom. The molecule has 680 valence electrons. The van der Waals surface area contributed by atoms with Gasteiger partial charge in [0.25, 0.3) is 0 Å². The predicted octanol–water partition coefficient (Wildman–Crippen LogP) is 23.9. The summed E-state index contributed by atoms with van der Waals surface area (Å²) in [7, 11) is 1.61. The second kappa shape index (κ2) is 63.2. The van der Waals surface area contributed by atoms with Crippen LogP contribution in [0, 0.1) is 0 Å². The molecular weight excluding hydrogens is 1540 g/mol. The summed E-state index contributed by atoms with van der Waals surface area (Å²) in [6, 6.07) is 43.1. The molecule has 19 nitrogen and oxygen atoms in total. The Labute approximate surface area is 733 Å². The highest BCUT2D eigenvalue weighted by molar-refractivity contribution is 5.78. The lowest BCUT2D eigenvalue weighted by molar-refractivity contribution is -0.355. The minimum Gasteiger partial charge on any atom is -0.497 e. The Kier molecular flexibility index (Phi) is 52.1. The van der Waals surface area contributed by atoms with Crippen LogP contribution in [0.3, 0.4) is 0 Å². The molecule has 0 radical (unpaired) electrons. The summed E-state index contributed by atoms with van der Waals surface area (Å²) in [6.45, 7) is 6.60. The van der Waals surface area contributed by atoms with Crippen LogP contribution in [0.4, 0.5) is 4.79 Å². The lowest BCUT2D eigenvalue weighted by Crippen LogP contribution is -2.68. The maximum atomic E-state index is 15.5. The first kappa shape index (κ1) is 101. The number of rotatable bonds is 68. The van der Waals surface area contributed by atoms with Crippen LogP contribution in [-0.4, -0.2) is 123 Å². The summed E-state index contributed by atoms with van der Waals surface area (Å²) >= 11 is 0. The first-order valence-corrected chi connectivity index (χ1v) is 48.1. The van der Waals surface area contributed by atoms with E-state index in [2.05, 4.69) is 31.4 Å². The van der Waals surface area contributed by atoms with E-state index in [1.165, 1.54) is 186 Å². The highest BCUT2D eigenvalue weighted by Gasteiger charge is 2.54. The second-order valence-corrected chi connectivity index (χ2v) is 34.5. The second-order valence-electron chi connectivity index (χ2n) is 34.5. The van der Waals surface area contributed by atoms with Crippen molar-refractivity contribution in [3.05, 3.63) is 173 Å². The Balaban J connectivity index is 1.03. The molecule has 0 saturated carbocycles. The van der Waals surface area contributed by atoms with Gasteiger partial charge in [0.2, 0.25) is 11.8 Å². The van der Waals surface area contributed by atoms with Gasteiger partial charge in [0.05, 0.1) is 59.1 Å². The lowest BCUT2D eigenvalue weighted by Gasteiger charge is -2.50. The molecule has 19 heteroatoms. The quantitative estimate of drug-likeness (QED) is 0.0243. The molecule has 0 unspecified atom stereocenters. The fraction of sp³-hybridized carbons (Fsp3) is 0.670. The molecule has 5 aromatic rings. The van der Waals surface area contributed by atoms with Gasteiger partial charge in [0, 0.05) is 12.0 Å². The summed E-state index contributed by atoms with van der Waals surface area (Å²) < 4.78 is 78.9. The van der Waals surface area contributed by atoms with E-state index in [4.69, 9.17) is 56.8 Å². The van der Waals surface area contributed by atoms with Crippen molar-refractivity contribution in [2.45, 2.75) is 422 Å². The molecule has 3 saturated heterocycles. The van der Waals surface area contributed by atoms with Crippen LogP contribution >= 0.6 is 0 Å². The van der Waals surface area contributed by atoms with Gasteiger partial charge < -0.3 is 72.6 Å². The average Bonchev–Trinajstić information content (AvgIpc) is 0.767. The van der Waals surface area contributed by atoms with Crippen LogP contribution in [0.1, 0.15) is 350 Å². The van der Waals surface area contributed by atoms with Gasteiger partial charge in [-0.1, -0.05) is 405 Å². The van der Waals surface area contributed by atoms with Gasteiger partial charge in [0.1, 0.15) is 61.1 Å². The molecule has 2 amide bonds. The molecule has 3 fully saturated rings. The Bertz CT molecular complexity index is 3450. The summed E-state index contributed by atoms with van der Waals surface area (Å²) in [6.07, 6.45) is 37.5. The monoisotopic (exact) mass is 1690 g/mol. The Hall–Kier alpha value is -6.78. The fourth-order valence-corrected chi connectivity index (χ4v) is 16.9. The molecule has 122 heavy (non-hydrogen) atoms. The predicted molar refractivity (Wildman–Crippen MR) is 482 cm³/mol. The average molecular weight is 1690 g/mol. The number of nitrogens with one attached hydrogen (secondary N) is 2. The zero-order chi connectivity index (χ0) is 85.9. The van der Waals surface area contributed by atoms with E-state index in [1.54, 1.807) is 7.11 Å². The van der Waals surface area contributed by atoms with Gasteiger partial charge in [0.15, 0.2) is 25.0 Å². The third kappa shape index (κ3) is 41.1. The van der Waals surface area contributed by atoms with E-state index in [-0.39, 0.29) is 58.3 Å². The molecule has 5 aromatic carbocycles. The molecular formula is C103H156N2O17. The maximum Gasteiger partial charge on any atom is 0.509 e. The number of carbonyl (C=O) groups is 4. The van der Waals surface area contributed by atoms with Crippen molar-refractivity contribution in [3.63, 3.8) is 0 Å². The molecule has 3 N–H and O–H groups in total. The van der Waals surface area contributed by atoms with Gasteiger partial charge in [-0.3, -0.25) is 14.4 Å². The number of fused-ring (bicyclic) bond motifs is 1. The van der Waals surface area contributed by atoms with Crippen LogP contribution in [0.25, 0.3) is 0 Å². The van der Waals surface area contributed by atoms with E-state index in [0.717, 1.165) is 92.9 Å². The van der Waals surface area contributed by atoms with Crippen LogP contribution < -0.4 is 15.4 Å². The van der Waals surface area contributed by atoms with Crippen molar-refractivity contribution < 1.29 is 81.1 Å². The van der Waals surface area contributed by atoms with Crippen LogP contribution in [0.15, 0.2) is 146 Å². The Morgan fingerprint density at radius 3 is 1.31 bits per heavy atom. The number of hydrogen-bond acceptors (Lipinski definition) is 17. The number of esters is 1. The van der Waals surface area contributed by atoms with Gasteiger partial charge in [-0.05, 0) is 60.1 Å². The minimum absolute atomic E-state index is 0.0268. The number of aliphatic hydroxyl groups is 1. The number of ether oxygens (including phenoxy) is 12. The smallest absolute Gasteiger partial charge is 0.497 e. The SMILES string of the molecule is CCCCCCCCCCCCCCCCCC(=O)O[C@H](CCCCCCCCCCCCCCC)CC(=O)N[C@H]1[C@H](OC[C@H]2O[C@H](O)[C@H](NC(=O)C[C@@H](CCCCCCCCCCCCCCC)OCc3ccccc3)[C@@H](OC(=O)OCc3ccccc3)[C@@H]2OCc2ccccc2)O[C@@H]2CO[C@@H](c3ccccc3)O[C@H]2[C@@H]1OCc1ccc(OC)cc1. The summed E-state index contributed by atoms with van der Waals surface area (Å²) in [5.41, 5.74) is 4.03. The van der Waals surface area contributed by atoms with E-state index in [0.29, 0.717) is 30.6 Å². The van der Waals surface area contributed by atoms with Gasteiger partial charge in [-0.25, -0.2) is 4.79 Å². The number of hydrogen-bond donors (Lipinski definition) is 3. The molecule has 13 atom stereocenters. The van der Waals surface area contributed by atoms with E-state index >= 15 is 4.79 Å². The van der Waals surface area contributed by atoms with Crippen molar-refractivity contribution in [1.82, 2.24) is 10.6 Å². The van der Waals surface area contributed by atoms with Gasteiger partial charge in [-0.2, -0.15) is 0 Å². The first-order chi connectivity index (χ1) is 60.0. The zero-order valence-corrected chi connectivity index (χ0v) is 75.1. The Morgan fingerprint density at radius 2 is 0.828 bits per heavy atom. The van der Waals surface area contributed by atoms with Crippen molar-refractivity contribution in [1.29, 1.82) is 0 Å². The summed E-state index contributed by atoms with van der Waals surface area (Å²) in [5, 5.41) is 19.0. The summed E-state index contributed by atoms with van der Waals surface area (Å²) in [5.74, 6) is -0.544. The number of carbonyl (C=O) groups excluding carboxylic acids is 4. The van der Waals surface area contributed by atoms with Gasteiger partial charge in [-0.15, -0.1) is 0 Å². The number of aliphatic hydroxyl groups excluding tert-OH is 1. The summed E-state index contributed by atoms with van der Waals surface area (Å²) in [4.78, 5) is 58.9. The molecule has 0 bridgehead atoms. The standard InChI is InChI=1S/C103H156N2O17/c1-5-8-11-14-17-20-23-26-27-30-33-36-39-42-57-68-93(108)118-88(67-56-41-38-35-32-29-25-22-19-16-13-10-7-3)74-92(107)105-95-98(114-77-84-69-71-86(111-4)72-70-84)97-90(80-115-101(121-97)85-64-53-46-54-65-85)120-102(95)116-79-89-96(113-76-82-60-49-44-50-61-82)99(122-103(110)117-78-83-62-51-45-52-63-83)94(100(109)119-89)104-91(106)73-87(112-75-81-58-47-43-48-59-81)66-55-40-37-34-31-28-24-21-18-15-12-9-6-2/h43-54,58-65,69-72,87-90,94-102,109H,5-42,55-57,66-68,73-80H2,1-4H3,(H,104,106)(H,105,107)/t87-,88-,89-,90-,94-,95-,96-,97-,98-,99-,100+,101-,102-/m1/s1. The fourth-order valence-electron chi connectivity index (χ4n) is 16.9. The third-order valence-corrected chi connectivity index (χ3v) is 24.2. The lowest BCUT2D eigenvalue weighted by atomic mass is 9.94. The number of unbranched alkanes of at least 4 members (excludes halogenated alkanes) is 38. The zero-order valence-electron chi connectivity index (χ0n) is 75.1. The van der Waals surface area contributed by atoms with Crippen LogP contribution in [-0.2, 0) is 92.9 Å². The van der Waals surface area contributed by atoms with Crippen molar-refractivity contribution in [2.75, 3.05) is 20.3 Å². The van der Waals surface area contributed by atoms with Crippen molar-refractivity contribution in [2.24, 2.45) is 0 Å².